The number of carbonyl (C=O) groups is 1. The standard InChI is InChI=1S/C20H15FN2OS2/c1-12-15(10-18-19(24)22-20(25)26-18)14-7-3-5-9-17(14)23(12)11-13-6-2-4-8-16(13)21/h2-10H,11H2,1H3,(H,22,24,25)/b18-10+. The van der Waals surface area contributed by atoms with Crippen molar-refractivity contribution in [2.24, 2.45) is 0 Å². The fraction of sp³-hybridized carbons (Fsp3) is 0.100. The van der Waals surface area contributed by atoms with E-state index in [0.29, 0.717) is 21.3 Å². The molecule has 1 aliphatic rings. The predicted molar refractivity (Wildman–Crippen MR) is 108 cm³/mol. The molecule has 2 heterocycles. The van der Waals surface area contributed by atoms with Crippen LogP contribution in [0.2, 0.25) is 0 Å². The smallest absolute Gasteiger partial charge is 0.263 e. The average molecular weight is 382 g/mol. The zero-order valence-corrected chi connectivity index (χ0v) is 15.6. The number of carbonyl (C=O) groups excluding carboxylic acids is 1. The van der Waals surface area contributed by atoms with Crippen LogP contribution in [0.25, 0.3) is 17.0 Å². The van der Waals surface area contributed by atoms with E-state index in [2.05, 4.69) is 9.88 Å². The summed E-state index contributed by atoms with van der Waals surface area (Å²) in [5, 5.41) is 3.67. The Morgan fingerprint density at radius 1 is 1.19 bits per heavy atom. The van der Waals surface area contributed by atoms with Crippen molar-refractivity contribution in [2.75, 3.05) is 0 Å². The summed E-state index contributed by atoms with van der Waals surface area (Å²) in [5.41, 5.74) is 3.57. The Balaban J connectivity index is 1.87. The van der Waals surface area contributed by atoms with Crippen LogP contribution in [0.5, 0.6) is 0 Å². The van der Waals surface area contributed by atoms with Crippen molar-refractivity contribution in [3.05, 3.63) is 76.1 Å². The van der Waals surface area contributed by atoms with E-state index in [1.165, 1.54) is 17.8 Å². The lowest BCUT2D eigenvalue weighted by Gasteiger charge is -2.09. The summed E-state index contributed by atoms with van der Waals surface area (Å²) in [5.74, 6) is -0.397. The molecule has 1 fully saturated rings. The second-order valence-electron chi connectivity index (χ2n) is 6.05. The lowest BCUT2D eigenvalue weighted by Crippen LogP contribution is -2.17. The summed E-state index contributed by atoms with van der Waals surface area (Å²) < 4.78 is 16.7. The number of hydrogen-bond donors (Lipinski definition) is 1. The molecule has 0 atom stereocenters. The number of fused-ring (bicyclic) bond motifs is 1. The van der Waals surface area contributed by atoms with Crippen LogP contribution in [0.1, 0.15) is 16.8 Å². The minimum absolute atomic E-state index is 0.176. The molecule has 1 amide bonds. The Morgan fingerprint density at radius 3 is 2.65 bits per heavy atom. The highest BCUT2D eigenvalue weighted by Gasteiger charge is 2.23. The second-order valence-corrected chi connectivity index (χ2v) is 7.76. The summed E-state index contributed by atoms with van der Waals surface area (Å²) in [7, 11) is 0. The monoisotopic (exact) mass is 382 g/mol. The number of para-hydroxylation sites is 1. The Labute approximate surface area is 159 Å². The van der Waals surface area contributed by atoms with Gasteiger partial charge >= 0.3 is 0 Å². The molecule has 2 aromatic carbocycles. The van der Waals surface area contributed by atoms with E-state index in [-0.39, 0.29) is 11.7 Å². The van der Waals surface area contributed by atoms with E-state index in [1.807, 2.05) is 43.3 Å². The van der Waals surface area contributed by atoms with Crippen LogP contribution in [0.15, 0.2) is 53.4 Å². The third-order valence-corrected chi connectivity index (χ3v) is 5.65. The van der Waals surface area contributed by atoms with E-state index in [4.69, 9.17) is 12.2 Å². The number of thioether (sulfide) groups is 1. The largest absolute Gasteiger partial charge is 0.340 e. The van der Waals surface area contributed by atoms with Gasteiger partial charge in [-0.25, -0.2) is 4.39 Å². The maximum absolute atomic E-state index is 14.1. The minimum atomic E-state index is -0.222. The summed E-state index contributed by atoms with van der Waals surface area (Å²) in [6.45, 7) is 2.42. The van der Waals surface area contributed by atoms with Crippen molar-refractivity contribution in [3.8, 4) is 0 Å². The van der Waals surface area contributed by atoms with E-state index in [9.17, 15) is 9.18 Å². The third-order valence-electron chi connectivity index (χ3n) is 4.48. The highest BCUT2D eigenvalue weighted by atomic mass is 32.2. The van der Waals surface area contributed by atoms with Crippen LogP contribution in [0.4, 0.5) is 4.39 Å². The van der Waals surface area contributed by atoms with Gasteiger partial charge in [0.05, 0.1) is 11.4 Å². The van der Waals surface area contributed by atoms with Gasteiger partial charge in [0.1, 0.15) is 10.1 Å². The molecule has 0 radical (unpaired) electrons. The Kier molecular flexibility index (Phi) is 4.38. The van der Waals surface area contributed by atoms with Gasteiger partial charge in [0.2, 0.25) is 0 Å². The van der Waals surface area contributed by atoms with Gasteiger partial charge in [-0.15, -0.1) is 0 Å². The van der Waals surface area contributed by atoms with E-state index in [1.54, 1.807) is 12.1 Å². The molecule has 1 aromatic heterocycles. The van der Waals surface area contributed by atoms with Gasteiger partial charge in [0.25, 0.3) is 5.91 Å². The highest BCUT2D eigenvalue weighted by Crippen LogP contribution is 2.32. The molecule has 3 nitrogen and oxygen atoms in total. The van der Waals surface area contributed by atoms with Crippen LogP contribution in [0, 0.1) is 12.7 Å². The maximum Gasteiger partial charge on any atom is 0.263 e. The lowest BCUT2D eigenvalue weighted by atomic mass is 10.1. The van der Waals surface area contributed by atoms with Crippen LogP contribution < -0.4 is 5.32 Å². The zero-order chi connectivity index (χ0) is 18.3. The van der Waals surface area contributed by atoms with E-state index >= 15 is 0 Å². The second kappa shape index (κ2) is 6.70. The van der Waals surface area contributed by atoms with Gasteiger partial charge in [-0.2, -0.15) is 0 Å². The molecule has 130 valence electrons. The number of nitrogens with zero attached hydrogens (tertiary/aromatic N) is 1. The molecule has 0 spiro atoms. The van der Waals surface area contributed by atoms with Crippen LogP contribution in [-0.4, -0.2) is 14.8 Å². The molecule has 1 N–H and O–H groups in total. The molecular weight excluding hydrogens is 367 g/mol. The number of benzene rings is 2. The van der Waals surface area contributed by atoms with Gasteiger partial charge < -0.3 is 9.88 Å². The van der Waals surface area contributed by atoms with Crippen LogP contribution >= 0.6 is 24.0 Å². The third kappa shape index (κ3) is 2.95. The van der Waals surface area contributed by atoms with Gasteiger partial charge in [-0.05, 0) is 25.1 Å². The van der Waals surface area contributed by atoms with E-state index in [0.717, 1.165) is 22.2 Å². The number of hydrogen-bond acceptors (Lipinski definition) is 3. The molecule has 26 heavy (non-hydrogen) atoms. The molecule has 0 unspecified atom stereocenters. The topological polar surface area (TPSA) is 34.0 Å². The normalized spacial score (nSPS) is 15.8. The first-order valence-corrected chi connectivity index (χ1v) is 9.33. The number of amides is 1. The predicted octanol–water partition coefficient (Wildman–Crippen LogP) is 4.63. The first-order chi connectivity index (χ1) is 12.5. The first kappa shape index (κ1) is 17.0. The lowest BCUT2D eigenvalue weighted by molar-refractivity contribution is -0.115. The van der Waals surface area contributed by atoms with E-state index < -0.39 is 0 Å². The van der Waals surface area contributed by atoms with Gasteiger partial charge in [-0.3, -0.25) is 4.79 Å². The van der Waals surface area contributed by atoms with Crippen molar-refractivity contribution in [1.82, 2.24) is 9.88 Å². The number of nitrogens with one attached hydrogen (secondary N) is 1. The van der Waals surface area contributed by atoms with Crippen LogP contribution in [0.3, 0.4) is 0 Å². The molecule has 6 heteroatoms. The summed E-state index contributed by atoms with van der Waals surface area (Å²) >= 11 is 6.33. The van der Waals surface area contributed by atoms with Gasteiger partial charge in [0, 0.05) is 27.7 Å². The summed E-state index contributed by atoms with van der Waals surface area (Å²) in [6.07, 6.45) is 1.87. The molecule has 0 aliphatic carbocycles. The van der Waals surface area contributed by atoms with Crippen molar-refractivity contribution >= 4 is 51.2 Å². The fourth-order valence-electron chi connectivity index (χ4n) is 3.19. The van der Waals surface area contributed by atoms with Crippen molar-refractivity contribution in [1.29, 1.82) is 0 Å². The Hall–Kier alpha value is -2.44. The molecule has 0 saturated carbocycles. The van der Waals surface area contributed by atoms with Crippen molar-refractivity contribution in [3.63, 3.8) is 0 Å². The van der Waals surface area contributed by atoms with Crippen LogP contribution in [-0.2, 0) is 11.3 Å². The summed E-state index contributed by atoms with van der Waals surface area (Å²) in [6, 6.07) is 14.7. The molecule has 1 saturated heterocycles. The molecule has 4 rings (SSSR count). The molecule has 1 aliphatic heterocycles. The molecule has 3 aromatic rings. The van der Waals surface area contributed by atoms with Crippen molar-refractivity contribution in [2.45, 2.75) is 13.5 Å². The number of halogens is 1. The zero-order valence-electron chi connectivity index (χ0n) is 14.0. The molecule has 0 bridgehead atoms. The highest BCUT2D eigenvalue weighted by molar-refractivity contribution is 8.26. The number of rotatable bonds is 3. The first-order valence-electron chi connectivity index (χ1n) is 8.10. The minimum Gasteiger partial charge on any atom is -0.340 e. The van der Waals surface area contributed by atoms with Gasteiger partial charge in [-0.1, -0.05) is 60.4 Å². The number of aromatic nitrogens is 1. The fourth-order valence-corrected chi connectivity index (χ4v) is 4.22. The Morgan fingerprint density at radius 2 is 1.92 bits per heavy atom. The molecular formula is C20H15FN2OS2. The van der Waals surface area contributed by atoms with Gasteiger partial charge in [0.15, 0.2) is 0 Å². The van der Waals surface area contributed by atoms with Crippen molar-refractivity contribution < 1.29 is 9.18 Å². The quantitative estimate of drug-likeness (QED) is 0.530. The average Bonchev–Trinajstić information content (AvgIpc) is 3.08. The summed E-state index contributed by atoms with van der Waals surface area (Å²) in [4.78, 5) is 12.6. The number of thiocarbonyl (C=S) groups is 1. The maximum atomic E-state index is 14.1. The Bertz CT molecular complexity index is 1080. The SMILES string of the molecule is Cc1c(/C=C2/SC(=S)NC2=O)c2ccccc2n1Cc1ccccc1F.